The van der Waals surface area contributed by atoms with Crippen molar-refractivity contribution in [3.05, 3.63) is 47.8 Å². The first-order valence-electron chi connectivity index (χ1n) is 6.24. The van der Waals surface area contributed by atoms with E-state index in [4.69, 9.17) is 10.5 Å². The molecule has 20 heavy (non-hydrogen) atoms. The lowest BCUT2D eigenvalue weighted by molar-refractivity contribution is -0.115. The Morgan fingerprint density at radius 3 is 2.85 bits per heavy atom. The maximum atomic E-state index is 12.0. The van der Waals surface area contributed by atoms with Crippen LogP contribution in [-0.4, -0.2) is 18.0 Å². The van der Waals surface area contributed by atoms with Gasteiger partial charge in [-0.2, -0.15) is 0 Å². The minimum absolute atomic E-state index is 0.128. The number of nitrogen functional groups attached to an aromatic ring is 1. The molecule has 1 heterocycles. The average Bonchev–Trinajstić information content (AvgIpc) is 2.41. The number of hydrogen-bond acceptors (Lipinski definition) is 4. The molecule has 104 valence electrons. The number of nitrogens with one attached hydrogen (secondary N) is 1. The molecule has 2 rings (SSSR count). The number of methoxy groups -OCH3 is 1. The third-order valence-electron chi connectivity index (χ3n) is 2.96. The van der Waals surface area contributed by atoms with Gasteiger partial charge >= 0.3 is 0 Å². The number of nitrogens with two attached hydrogens (primary N) is 1. The van der Waals surface area contributed by atoms with Crippen molar-refractivity contribution in [1.29, 1.82) is 0 Å². The number of hydrogen-bond donors (Lipinski definition) is 2. The quantitative estimate of drug-likeness (QED) is 0.835. The van der Waals surface area contributed by atoms with E-state index in [-0.39, 0.29) is 12.3 Å². The fraction of sp³-hybridized carbons (Fsp3) is 0.200. The summed E-state index contributed by atoms with van der Waals surface area (Å²) in [7, 11) is 1.55. The molecule has 1 amide bonds. The van der Waals surface area contributed by atoms with Crippen LogP contribution in [0.4, 0.5) is 11.4 Å². The summed E-state index contributed by atoms with van der Waals surface area (Å²) < 4.78 is 5.07. The Morgan fingerprint density at radius 2 is 2.20 bits per heavy atom. The van der Waals surface area contributed by atoms with Crippen LogP contribution in [0.5, 0.6) is 5.75 Å². The van der Waals surface area contributed by atoms with Crippen molar-refractivity contribution in [1.82, 2.24) is 4.98 Å². The highest BCUT2D eigenvalue weighted by Crippen LogP contribution is 2.24. The second-order valence-corrected chi connectivity index (χ2v) is 4.45. The highest BCUT2D eigenvalue weighted by atomic mass is 16.5. The maximum absolute atomic E-state index is 12.0. The molecule has 2 aromatic rings. The first-order valence-corrected chi connectivity index (χ1v) is 6.24. The van der Waals surface area contributed by atoms with Crippen molar-refractivity contribution in [2.45, 2.75) is 13.3 Å². The van der Waals surface area contributed by atoms with Crippen molar-refractivity contribution in [3.63, 3.8) is 0 Å². The standard InChI is InChI=1S/C15H17N3O2/c1-10-4-3-7-17-13(10)9-15(19)18-11-5-6-14(20-2)12(16)8-11/h3-8H,9,16H2,1-2H3,(H,18,19). The zero-order valence-electron chi connectivity index (χ0n) is 11.5. The Bertz CT molecular complexity index is 626. The molecule has 0 aliphatic carbocycles. The molecule has 0 spiro atoms. The zero-order chi connectivity index (χ0) is 14.5. The molecule has 5 heteroatoms. The van der Waals surface area contributed by atoms with E-state index in [2.05, 4.69) is 10.3 Å². The van der Waals surface area contributed by atoms with E-state index >= 15 is 0 Å². The van der Waals surface area contributed by atoms with Gasteiger partial charge in [-0.1, -0.05) is 6.07 Å². The van der Waals surface area contributed by atoms with Crippen LogP contribution in [0.15, 0.2) is 36.5 Å². The van der Waals surface area contributed by atoms with E-state index in [1.807, 2.05) is 19.1 Å². The van der Waals surface area contributed by atoms with Gasteiger partial charge in [-0.3, -0.25) is 9.78 Å². The highest BCUT2D eigenvalue weighted by Gasteiger charge is 2.08. The summed E-state index contributed by atoms with van der Waals surface area (Å²) in [6.45, 7) is 1.93. The number of ether oxygens (including phenoxy) is 1. The minimum atomic E-state index is -0.128. The van der Waals surface area contributed by atoms with Crippen molar-refractivity contribution in [2.75, 3.05) is 18.2 Å². The molecule has 0 radical (unpaired) electrons. The third kappa shape index (κ3) is 3.26. The second kappa shape index (κ2) is 6.06. The van der Waals surface area contributed by atoms with Crippen molar-refractivity contribution in [2.24, 2.45) is 0 Å². The molecular weight excluding hydrogens is 254 g/mol. The molecule has 0 atom stereocenters. The van der Waals surface area contributed by atoms with Crippen LogP contribution in [0.2, 0.25) is 0 Å². The first-order chi connectivity index (χ1) is 9.60. The SMILES string of the molecule is COc1ccc(NC(=O)Cc2ncccc2C)cc1N. The molecule has 0 unspecified atom stereocenters. The lowest BCUT2D eigenvalue weighted by Gasteiger charge is -2.09. The van der Waals surface area contributed by atoms with Crippen molar-refractivity contribution < 1.29 is 9.53 Å². The highest BCUT2D eigenvalue weighted by molar-refractivity contribution is 5.92. The number of anilines is 2. The summed E-state index contributed by atoms with van der Waals surface area (Å²) in [4.78, 5) is 16.2. The van der Waals surface area contributed by atoms with E-state index in [1.54, 1.807) is 31.5 Å². The average molecular weight is 271 g/mol. The third-order valence-corrected chi connectivity index (χ3v) is 2.96. The van der Waals surface area contributed by atoms with Gasteiger partial charge in [0, 0.05) is 11.9 Å². The van der Waals surface area contributed by atoms with E-state index < -0.39 is 0 Å². The number of carbonyl (C=O) groups excluding carboxylic acids is 1. The largest absolute Gasteiger partial charge is 0.495 e. The summed E-state index contributed by atoms with van der Waals surface area (Å²) >= 11 is 0. The topological polar surface area (TPSA) is 77.2 Å². The van der Waals surface area contributed by atoms with Gasteiger partial charge in [0.2, 0.25) is 5.91 Å². The van der Waals surface area contributed by atoms with Gasteiger partial charge in [0.1, 0.15) is 5.75 Å². The molecule has 0 aliphatic rings. The fourth-order valence-corrected chi connectivity index (χ4v) is 1.87. The van der Waals surface area contributed by atoms with Crippen LogP contribution in [0.25, 0.3) is 0 Å². The van der Waals surface area contributed by atoms with Gasteiger partial charge in [0.15, 0.2) is 0 Å². The molecule has 5 nitrogen and oxygen atoms in total. The Balaban J connectivity index is 2.05. The van der Waals surface area contributed by atoms with Gasteiger partial charge in [-0.05, 0) is 36.8 Å². The molecule has 0 saturated carbocycles. The predicted octanol–water partition coefficient (Wildman–Crippen LogP) is 2.16. The van der Waals surface area contributed by atoms with Gasteiger partial charge in [0.25, 0.3) is 0 Å². The minimum Gasteiger partial charge on any atom is -0.495 e. The predicted molar refractivity (Wildman–Crippen MR) is 78.7 cm³/mol. The molecule has 1 aromatic heterocycles. The number of amides is 1. The number of rotatable bonds is 4. The monoisotopic (exact) mass is 271 g/mol. The number of aromatic nitrogens is 1. The van der Waals surface area contributed by atoms with E-state index in [0.29, 0.717) is 17.1 Å². The molecule has 0 fully saturated rings. The van der Waals surface area contributed by atoms with Gasteiger partial charge in [-0.25, -0.2) is 0 Å². The maximum Gasteiger partial charge on any atom is 0.230 e. The number of benzene rings is 1. The number of carbonyl (C=O) groups is 1. The summed E-state index contributed by atoms with van der Waals surface area (Å²) in [5.41, 5.74) is 8.69. The summed E-state index contributed by atoms with van der Waals surface area (Å²) in [5.74, 6) is 0.458. The van der Waals surface area contributed by atoms with Crippen molar-refractivity contribution in [3.8, 4) is 5.75 Å². The molecule has 3 N–H and O–H groups in total. The Labute approximate surface area is 117 Å². The van der Waals surface area contributed by atoms with Crippen LogP contribution >= 0.6 is 0 Å². The Kier molecular flexibility index (Phi) is 4.20. The normalized spacial score (nSPS) is 10.1. The lowest BCUT2D eigenvalue weighted by Crippen LogP contribution is -2.16. The summed E-state index contributed by atoms with van der Waals surface area (Å²) in [5, 5.41) is 2.80. The first kappa shape index (κ1) is 13.9. The Morgan fingerprint density at radius 1 is 1.40 bits per heavy atom. The van der Waals surface area contributed by atoms with Crippen LogP contribution in [0, 0.1) is 6.92 Å². The van der Waals surface area contributed by atoms with Crippen LogP contribution in [0.1, 0.15) is 11.3 Å². The van der Waals surface area contributed by atoms with Gasteiger partial charge < -0.3 is 15.8 Å². The lowest BCUT2D eigenvalue weighted by atomic mass is 10.1. The smallest absolute Gasteiger partial charge is 0.230 e. The van der Waals surface area contributed by atoms with Crippen LogP contribution in [-0.2, 0) is 11.2 Å². The fourth-order valence-electron chi connectivity index (χ4n) is 1.87. The number of nitrogens with zero attached hydrogens (tertiary/aromatic N) is 1. The van der Waals surface area contributed by atoms with Crippen LogP contribution < -0.4 is 15.8 Å². The number of aryl methyl sites for hydroxylation is 1. The molecule has 0 saturated heterocycles. The second-order valence-electron chi connectivity index (χ2n) is 4.45. The Hall–Kier alpha value is -2.56. The summed E-state index contributed by atoms with van der Waals surface area (Å²) in [6.07, 6.45) is 1.92. The zero-order valence-corrected chi connectivity index (χ0v) is 11.5. The van der Waals surface area contributed by atoms with Gasteiger partial charge in [0.05, 0.1) is 24.9 Å². The van der Waals surface area contributed by atoms with E-state index in [9.17, 15) is 4.79 Å². The summed E-state index contributed by atoms with van der Waals surface area (Å²) in [6, 6.07) is 8.92. The molecule has 0 aliphatic heterocycles. The van der Waals surface area contributed by atoms with E-state index in [0.717, 1.165) is 11.3 Å². The van der Waals surface area contributed by atoms with Crippen molar-refractivity contribution >= 4 is 17.3 Å². The van der Waals surface area contributed by atoms with Crippen LogP contribution in [0.3, 0.4) is 0 Å². The van der Waals surface area contributed by atoms with E-state index in [1.165, 1.54) is 0 Å². The number of pyridine rings is 1. The molecule has 1 aromatic carbocycles. The van der Waals surface area contributed by atoms with Gasteiger partial charge in [-0.15, -0.1) is 0 Å². The molecule has 0 bridgehead atoms. The molecular formula is C15H17N3O2.